The Hall–Kier alpha value is -4.05. The fourth-order valence-electron chi connectivity index (χ4n) is 3.39. The van der Waals surface area contributed by atoms with Crippen LogP contribution in [0, 0.1) is 6.92 Å². The molecule has 2 aromatic heterocycles. The molecule has 0 aliphatic carbocycles. The van der Waals surface area contributed by atoms with Crippen LogP contribution in [-0.2, 0) is 0 Å². The first kappa shape index (κ1) is 23.1. The first-order chi connectivity index (χ1) is 16.5. The number of aromatic nitrogens is 3. The minimum absolute atomic E-state index is 0.345. The second-order valence-corrected chi connectivity index (χ2v) is 8.03. The van der Waals surface area contributed by atoms with E-state index in [2.05, 4.69) is 10.4 Å². The number of carbonyl (C=O) groups excluding carboxylic acids is 1. The summed E-state index contributed by atoms with van der Waals surface area (Å²) in [4.78, 5) is 17.8. The van der Waals surface area contributed by atoms with E-state index in [0.717, 1.165) is 22.7 Å². The molecule has 9 nitrogen and oxygen atoms in total. The van der Waals surface area contributed by atoms with Crippen LogP contribution in [0.15, 0.2) is 47.8 Å². The van der Waals surface area contributed by atoms with Gasteiger partial charge in [0.15, 0.2) is 11.5 Å². The molecule has 0 unspecified atom stereocenters. The summed E-state index contributed by atoms with van der Waals surface area (Å²) >= 11 is 1.43. The predicted octanol–water partition coefficient (Wildman–Crippen LogP) is 4.59. The quantitative estimate of drug-likeness (QED) is 0.394. The lowest BCUT2D eigenvalue weighted by atomic mass is 10.1. The van der Waals surface area contributed by atoms with E-state index < -0.39 is 0 Å². The monoisotopic (exact) mass is 480 g/mol. The third kappa shape index (κ3) is 4.53. The van der Waals surface area contributed by atoms with Crippen LogP contribution in [0.2, 0.25) is 0 Å². The molecule has 0 saturated carbocycles. The summed E-state index contributed by atoms with van der Waals surface area (Å²) in [5.74, 6) is 2.11. The Morgan fingerprint density at radius 2 is 1.62 bits per heavy atom. The molecular formula is C24H24N4O5S. The van der Waals surface area contributed by atoms with Gasteiger partial charge in [-0.25, -0.2) is 4.98 Å². The van der Waals surface area contributed by atoms with Gasteiger partial charge in [-0.15, -0.1) is 11.3 Å². The highest BCUT2D eigenvalue weighted by molar-refractivity contribution is 7.12. The Balaban J connectivity index is 1.62. The number of aryl methyl sites for hydroxylation is 1. The maximum atomic E-state index is 13.1. The minimum Gasteiger partial charge on any atom is -0.497 e. The summed E-state index contributed by atoms with van der Waals surface area (Å²) in [6.45, 7) is 1.85. The van der Waals surface area contributed by atoms with Crippen LogP contribution in [0.5, 0.6) is 23.0 Å². The van der Waals surface area contributed by atoms with Crippen molar-refractivity contribution in [2.24, 2.45) is 0 Å². The number of amides is 1. The van der Waals surface area contributed by atoms with E-state index >= 15 is 0 Å². The Kier molecular flexibility index (Phi) is 6.69. The highest BCUT2D eigenvalue weighted by Gasteiger charge is 2.19. The lowest BCUT2D eigenvalue weighted by Gasteiger charge is -2.14. The van der Waals surface area contributed by atoms with Crippen molar-refractivity contribution in [2.45, 2.75) is 6.92 Å². The zero-order chi connectivity index (χ0) is 24.2. The normalized spacial score (nSPS) is 10.6. The van der Waals surface area contributed by atoms with Gasteiger partial charge >= 0.3 is 0 Å². The molecule has 0 spiro atoms. The van der Waals surface area contributed by atoms with Crippen molar-refractivity contribution >= 4 is 23.1 Å². The molecule has 10 heteroatoms. The van der Waals surface area contributed by atoms with Gasteiger partial charge in [-0.05, 0) is 43.3 Å². The second kappa shape index (κ2) is 9.84. The van der Waals surface area contributed by atoms with Gasteiger partial charge in [-0.3, -0.25) is 4.79 Å². The van der Waals surface area contributed by atoms with E-state index in [4.69, 9.17) is 23.9 Å². The van der Waals surface area contributed by atoms with Crippen molar-refractivity contribution in [1.29, 1.82) is 0 Å². The highest BCUT2D eigenvalue weighted by Crippen LogP contribution is 2.38. The maximum absolute atomic E-state index is 13.1. The number of nitrogens with zero attached hydrogens (tertiary/aromatic N) is 3. The van der Waals surface area contributed by atoms with Crippen molar-refractivity contribution < 1.29 is 23.7 Å². The number of hydrogen-bond donors (Lipinski definition) is 1. The smallest absolute Gasteiger partial charge is 0.257 e. The van der Waals surface area contributed by atoms with Crippen LogP contribution < -0.4 is 24.3 Å². The fraction of sp³-hybridized carbons (Fsp3) is 0.208. The molecular weight excluding hydrogens is 456 g/mol. The molecule has 0 aliphatic rings. The maximum Gasteiger partial charge on any atom is 0.257 e. The molecule has 34 heavy (non-hydrogen) atoms. The summed E-state index contributed by atoms with van der Waals surface area (Å²) in [6.07, 6.45) is 0. The standard InChI is InChI=1S/C24H24N4O5S/c1-14-10-21(26-23(29)16-11-19(31-3)22(33-5)20(12-16)32-4)28(27-14)24-25-18(13-34-24)15-6-8-17(30-2)9-7-15/h6-13H,1-5H3,(H,26,29). The zero-order valence-electron chi connectivity index (χ0n) is 19.4. The van der Waals surface area contributed by atoms with Gasteiger partial charge in [0.1, 0.15) is 11.6 Å². The molecule has 4 rings (SSSR count). The summed E-state index contributed by atoms with van der Waals surface area (Å²) in [6, 6.07) is 12.6. The van der Waals surface area contributed by atoms with Crippen molar-refractivity contribution in [3.63, 3.8) is 0 Å². The molecule has 0 radical (unpaired) electrons. The molecule has 2 aromatic carbocycles. The molecule has 0 aliphatic heterocycles. The van der Waals surface area contributed by atoms with Crippen molar-refractivity contribution in [1.82, 2.24) is 14.8 Å². The molecule has 4 aromatic rings. The number of anilines is 1. The predicted molar refractivity (Wildman–Crippen MR) is 130 cm³/mol. The Morgan fingerprint density at radius 3 is 2.21 bits per heavy atom. The molecule has 0 saturated heterocycles. The Labute approximate surface area is 200 Å². The second-order valence-electron chi connectivity index (χ2n) is 7.19. The number of ether oxygens (including phenoxy) is 4. The number of benzene rings is 2. The number of nitrogens with one attached hydrogen (secondary N) is 1. The zero-order valence-corrected chi connectivity index (χ0v) is 20.2. The lowest BCUT2D eigenvalue weighted by Crippen LogP contribution is -2.15. The summed E-state index contributed by atoms with van der Waals surface area (Å²) in [7, 11) is 6.14. The average molecular weight is 481 g/mol. The van der Waals surface area contributed by atoms with Crippen LogP contribution in [0.25, 0.3) is 16.4 Å². The van der Waals surface area contributed by atoms with Crippen molar-refractivity contribution in [2.75, 3.05) is 33.8 Å². The molecule has 2 heterocycles. The van der Waals surface area contributed by atoms with Crippen molar-refractivity contribution in [3.05, 3.63) is 59.1 Å². The van der Waals surface area contributed by atoms with E-state index in [9.17, 15) is 4.79 Å². The molecule has 0 fully saturated rings. The third-order valence-corrected chi connectivity index (χ3v) is 5.88. The van der Waals surface area contributed by atoms with Gasteiger partial charge in [0, 0.05) is 22.6 Å². The van der Waals surface area contributed by atoms with Gasteiger partial charge in [0.2, 0.25) is 10.9 Å². The topological polar surface area (TPSA) is 96.7 Å². The molecule has 176 valence electrons. The third-order valence-electron chi connectivity index (χ3n) is 5.06. The number of hydrogen-bond acceptors (Lipinski definition) is 8. The number of rotatable bonds is 8. The summed E-state index contributed by atoms with van der Waals surface area (Å²) in [5, 5.41) is 9.99. The van der Waals surface area contributed by atoms with Crippen LogP contribution in [-0.4, -0.2) is 49.1 Å². The summed E-state index contributed by atoms with van der Waals surface area (Å²) < 4.78 is 22.9. The minimum atomic E-state index is -0.354. The van der Waals surface area contributed by atoms with E-state index in [1.54, 1.807) is 30.0 Å². The average Bonchev–Trinajstić information content (AvgIpc) is 3.49. The Morgan fingerprint density at radius 1 is 0.941 bits per heavy atom. The molecule has 0 atom stereocenters. The molecule has 0 bridgehead atoms. The van der Waals surface area contributed by atoms with Crippen LogP contribution in [0.3, 0.4) is 0 Å². The van der Waals surface area contributed by atoms with Gasteiger partial charge in [-0.1, -0.05) is 0 Å². The molecule has 1 N–H and O–H groups in total. The van der Waals surface area contributed by atoms with E-state index in [1.165, 1.54) is 32.7 Å². The van der Waals surface area contributed by atoms with Gasteiger partial charge < -0.3 is 24.3 Å². The number of methoxy groups -OCH3 is 4. The van der Waals surface area contributed by atoms with Crippen LogP contribution in [0.4, 0.5) is 5.82 Å². The van der Waals surface area contributed by atoms with Crippen LogP contribution >= 0.6 is 11.3 Å². The van der Waals surface area contributed by atoms with E-state index in [0.29, 0.717) is 33.8 Å². The fourth-order valence-corrected chi connectivity index (χ4v) is 4.19. The van der Waals surface area contributed by atoms with Gasteiger partial charge in [0.05, 0.1) is 39.8 Å². The Bertz CT molecular complexity index is 1290. The number of thiazole rings is 1. The van der Waals surface area contributed by atoms with Gasteiger partial charge in [-0.2, -0.15) is 9.78 Å². The largest absolute Gasteiger partial charge is 0.497 e. The lowest BCUT2D eigenvalue weighted by molar-refractivity contribution is 0.102. The van der Waals surface area contributed by atoms with Crippen molar-refractivity contribution in [3.8, 4) is 39.4 Å². The first-order valence-electron chi connectivity index (χ1n) is 10.3. The van der Waals surface area contributed by atoms with E-state index in [-0.39, 0.29) is 5.91 Å². The first-order valence-corrected chi connectivity index (χ1v) is 11.1. The van der Waals surface area contributed by atoms with Crippen LogP contribution in [0.1, 0.15) is 16.1 Å². The molecule has 1 amide bonds. The summed E-state index contributed by atoms with van der Waals surface area (Å²) in [5.41, 5.74) is 2.84. The van der Waals surface area contributed by atoms with Gasteiger partial charge in [0.25, 0.3) is 5.91 Å². The number of carbonyl (C=O) groups is 1. The SMILES string of the molecule is COc1ccc(-c2csc(-n3nc(C)cc3NC(=O)c3cc(OC)c(OC)c(OC)c3)n2)cc1. The van der Waals surface area contributed by atoms with E-state index in [1.807, 2.05) is 36.6 Å². The highest BCUT2D eigenvalue weighted by atomic mass is 32.1.